The first-order valence-electron chi connectivity index (χ1n) is 24.9. The van der Waals surface area contributed by atoms with Crippen LogP contribution in [0, 0.1) is 0 Å². The van der Waals surface area contributed by atoms with E-state index in [0.717, 1.165) is 32.5 Å². The van der Waals surface area contributed by atoms with Crippen molar-refractivity contribution in [3.05, 3.63) is 90.1 Å². The second kappa shape index (κ2) is 30.4. The van der Waals surface area contributed by atoms with Gasteiger partial charge in [-0.2, -0.15) is 0 Å². The summed E-state index contributed by atoms with van der Waals surface area (Å²) in [6, 6.07) is 5.16. The molecule has 8 atom stereocenters. The first-order chi connectivity index (χ1) is 37.3. The molecule has 2 aromatic heterocycles. The molecular formula is C49H68N18O9S2. The number of aliphatic imine (C=N–C) groups is 2. The van der Waals surface area contributed by atoms with Crippen molar-refractivity contribution in [3.63, 3.8) is 0 Å². The molecule has 20 N–H and O–H groups in total. The number of imidazole rings is 1. The number of carbonyl (C=O) groups excluding carboxylic acids is 9. The molecule has 0 radical (unpaired) electrons. The van der Waals surface area contributed by atoms with Gasteiger partial charge in [0, 0.05) is 79.8 Å². The van der Waals surface area contributed by atoms with E-state index >= 15 is 0 Å². The SMILES string of the molecule is CC(=O)N[C@@H](CCCN=C(N)N)C(=O)N[C@@H]1CSSC[C@@H](C(N)=O)NC(=O)[C@H](Cc2c[nH]c3ccccc23)NC(=O)[C@H](CCCN=C(N)N)NC(=O)[C@@H](Cc2ccccc2)NC(=O)[C@H](Cc2cnc[nH]2)NC(=O)[C@@H](C)NC1=O. The summed E-state index contributed by atoms with van der Waals surface area (Å²) in [5.74, 6) is -7.96. The molecule has 420 valence electrons. The van der Waals surface area contributed by atoms with Crippen molar-refractivity contribution in [2.75, 3.05) is 24.6 Å². The Morgan fingerprint density at radius 3 is 1.92 bits per heavy atom. The fourth-order valence-electron chi connectivity index (χ4n) is 8.05. The average Bonchev–Trinajstić information content (AvgIpc) is 4.10. The molecule has 4 aromatic rings. The van der Waals surface area contributed by atoms with Crippen LogP contribution in [0.4, 0.5) is 0 Å². The van der Waals surface area contributed by atoms with Gasteiger partial charge >= 0.3 is 0 Å². The van der Waals surface area contributed by atoms with Crippen LogP contribution in [0.5, 0.6) is 0 Å². The van der Waals surface area contributed by atoms with E-state index in [0.29, 0.717) is 16.8 Å². The number of fused-ring (bicyclic) bond motifs is 1. The van der Waals surface area contributed by atoms with Crippen LogP contribution in [0.2, 0.25) is 0 Å². The fraction of sp³-hybridized carbons (Fsp3) is 0.429. The van der Waals surface area contributed by atoms with E-state index in [1.54, 1.807) is 42.6 Å². The Balaban J connectivity index is 1.55. The van der Waals surface area contributed by atoms with Gasteiger partial charge in [-0.3, -0.25) is 53.1 Å². The van der Waals surface area contributed by atoms with E-state index in [9.17, 15) is 43.2 Å². The number of aromatic amines is 2. The van der Waals surface area contributed by atoms with Crippen LogP contribution in [-0.2, 0) is 62.4 Å². The van der Waals surface area contributed by atoms with Crippen molar-refractivity contribution >= 4 is 97.6 Å². The van der Waals surface area contributed by atoms with E-state index in [-0.39, 0.29) is 81.5 Å². The molecule has 1 aliphatic heterocycles. The lowest BCUT2D eigenvalue weighted by molar-refractivity contribution is -0.135. The molecular weight excluding hydrogens is 1050 g/mol. The van der Waals surface area contributed by atoms with Crippen LogP contribution in [0.15, 0.2) is 83.3 Å². The largest absolute Gasteiger partial charge is 0.370 e. The highest BCUT2D eigenvalue weighted by molar-refractivity contribution is 8.76. The molecule has 0 aliphatic carbocycles. The van der Waals surface area contributed by atoms with Crippen molar-refractivity contribution in [1.29, 1.82) is 0 Å². The fourth-order valence-corrected chi connectivity index (χ4v) is 10.4. The maximum absolute atomic E-state index is 14.6. The summed E-state index contributed by atoms with van der Waals surface area (Å²) in [5.41, 5.74) is 30.3. The van der Waals surface area contributed by atoms with E-state index in [2.05, 4.69) is 67.5 Å². The normalized spacial score (nSPS) is 21.7. The number of nitrogens with two attached hydrogens (primary N) is 5. The number of guanidine groups is 2. The number of carbonyl (C=O) groups is 9. The average molecular weight is 1120 g/mol. The smallest absolute Gasteiger partial charge is 0.244 e. The first kappa shape index (κ1) is 60.5. The van der Waals surface area contributed by atoms with Crippen molar-refractivity contribution < 1.29 is 43.2 Å². The van der Waals surface area contributed by atoms with Crippen LogP contribution in [0.25, 0.3) is 10.9 Å². The molecule has 0 bridgehead atoms. The molecule has 27 nitrogen and oxygen atoms in total. The number of H-pyrrole nitrogens is 2. The van der Waals surface area contributed by atoms with Crippen LogP contribution in [0.1, 0.15) is 56.4 Å². The molecule has 5 rings (SSSR count). The van der Waals surface area contributed by atoms with Gasteiger partial charge in [-0.1, -0.05) is 70.1 Å². The van der Waals surface area contributed by atoms with Crippen LogP contribution in [-0.4, -0.2) is 153 Å². The number of rotatable bonds is 18. The van der Waals surface area contributed by atoms with E-state index in [1.807, 2.05) is 18.2 Å². The van der Waals surface area contributed by atoms with E-state index in [4.69, 9.17) is 28.7 Å². The lowest BCUT2D eigenvalue weighted by Crippen LogP contribution is -2.61. The minimum atomic E-state index is -1.40. The Morgan fingerprint density at radius 1 is 0.679 bits per heavy atom. The summed E-state index contributed by atoms with van der Waals surface area (Å²) in [4.78, 5) is 144. The zero-order valence-electron chi connectivity index (χ0n) is 43.0. The van der Waals surface area contributed by atoms with Crippen LogP contribution < -0.4 is 71.2 Å². The number of aromatic nitrogens is 3. The monoisotopic (exact) mass is 1120 g/mol. The second-order valence-electron chi connectivity index (χ2n) is 18.3. The predicted molar refractivity (Wildman–Crippen MR) is 295 cm³/mol. The third-order valence-corrected chi connectivity index (χ3v) is 14.5. The van der Waals surface area contributed by atoms with Gasteiger partial charge in [0.05, 0.1) is 6.33 Å². The van der Waals surface area contributed by atoms with Crippen molar-refractivity contribution in [2.24, 2.45) is 38.7 Å². The number of hydrogen-bond donors (Lipinski definition) is 15. The summed E-state index contributed by atoms with van der Waals surface area (Å²) in [7, 11) is 2.02. The molecule has 0 saturated carbocycles. The van der Waals surface area contributed by atoms with Gasteiger partial charge in [-0.15, -0.1) is 0 Å². The molecule has 1 aliphatic rings. The zero-order chi connectivity index (χ0) is 56.7. The number of amides is 9. The molecule has 3 heterocycles. The third-order valence-electron chi connectivity index (χ3n) is 12.1. The highest BCUT2D eigenvalue weighted by Crippen LogP contribution is 2.24. The molecule has 29 heteroatoms. The molecule has 0 spiro atoms. The van der Waals surface area contributed by atoms with Crippen molar-refractivity contribution in [3.8, 4) is 0 Å². The first-order valence-corrected chi connectivity index (χ1v) is 27.4. The maximum atomic E-state index is 14.6. The summed E-state index contributed by atoms with van der Waals surface area (Å²) in [6.45, 7) is 2.74. The van der Waals surface area contributed by atoms with Gasteiger partial charge in [-0.25, -0.2) is 4.98 Å². The molecule has 9 amide bonds. The highest BCUT2D eigenvalue weighted by Gasteiger charge is 2.35. The zero-order valence-corrected chi connectivity index (χ0v) is 44.7. The van der Waals surface area contributed by atoms with Gasteiger partial charge in [0.15, 0.2) is 11.9 Å². The highest BCUT2D eigenvalue weighted by atomic mass is 33.1. The molecule has 0 unspecified atom stereocenters. The van der Waals surface area contributed by atoms with Gasteiger partial charge < -0.3 is 81.2 Å². The Kier molecular flexibility index (Phi) is 23.6. The minimum absolute atomic E-state index is 0.0573. The number of nitrogens with zero attached hydrogens (tertiary/aromatic N) is 3. The van der Waals surface area contributed by atoms with Gasteiger partial charge in [0.1, 0.15) is 48.3 Å². The molecule has 2 aromatic carbocycles. The molecule has 1 fully saturated rings. The summed E-state index contributed by atoms with van der Waals surface area (Å²) in [5, 5.41) is 22.1. The standard InChI is InChI=1S/C49H68N18O9S2/c1-26-41(70)63-37(20-30-22-55-25-59-30)46(75)64-35(18-28-10-4-3-5-11-28)44(73)62-34(15-9-17-57-49(53)54)43(72)65-36(19-29-21-58-32-13-7-6-12-31(29)32)45(74)66-38(40(50)69)23-77-78-24-39(47(76)60-26)67-42(71)33(61-27(2)68)14-8-16-56-48(51)52/h3-7,10-13,21-22,25-26,33-39,58H,8-9,14-20,23-24H2,1-2H3,(H2,50,69)(H,55,59)(H,60,76)(H,61,68)(H,62,73)(H,63,70)(H,64,75)(H,65,72)(H,66,74)(H,67,71)(H4,51,52,56)(H4,53,54,57)/t26-,33+,34+,35-,36+,37+,38+,39-/m1/s1. The van der Waals surface area contributed by atoms with Gasteiger partial charge in [-0.05, 0) is 49.8 Å². The quantitative estimate of drug-likeness (QED) is 0.0202. The molecule has 78 heavy (non-hydrogen) atoms. The topological polar surface area (TPSA) is 449 Å². The van der Waals surface area contributed by atoms with Gasteiger partial charge in [0.25, 0.3) is 0 Å². The summed E-state index contributed by atoms with van der Waals surface area (Å²) in [6.07, 6.45) is 4.53. The number of benzene rings is 2. The summed E-state index contributed by atoms with van der Waals surface area (Å²) >= 11 is 0. The Bertz CT molecular complexity index is 2770. The van der Waals surface area contributed by atoms with E-state index < -0.39 is 101 Å². The Hall–Kier alpha value is -8.34. The van der Waals surface area contributed by atoms with Crippen molar-refractivity contribution in [1.82, 2.24) is 57.5 Å². The number of nitrogens with one attached hydrogen (secondary N) is 10. The maximum Gasteiger partial charge on any atom is 0.244 e. The Labute approximate surface area is 457 Å². The van der Waals surface area contributed by atoms with Crippen molar-refractivity contribution in [2.45, 2.75) is 107 Å². The predicted octanol–water partition coefficient (Wildman–Crippen LogP) is -3.18. The number of primary amides is 1. The lowest BCUT2D eigenvalue weighted by atomic mass is 10.0. The lowest BCUT2D eigenvalue weighted by Gasteiger charge is -2.27. The van der Waals surface area contributed by atoms with Crippen LogP contribution >= 0.6 is 21.6 Å². The number of hydrogen-bond acceptors (Lipinski definition) is 14. The van der Waals surface area contributed by atoms with E-state index in [1.165, 1.54) is 26.4 Å². The summed E-state index contributed by atoms with van der Waals surface area (Å²) < 4.78 is 0. The van der Waals surface area contributed by atoms with Crippen LogP contribution in [0.3, 0.4) is 0 Å². The van der Waals surface area contributed by atoms with Gasteiger partial charge in [0.2, 0.25) is 53.2 Å². The minimum Gasteiger partial charge on any atom is -0.370 e. The third kappa shape index (κ3) is 19.7. The second-order valence-corrected chi connectivity index (χ2v) is 20.8. The Morgan fingerprint density at radius 2 is 1.27 bits per heavy atom. The molecule has 1 saturated heterocycles. The number of para-hydroxylation sites is 1.